The van der Waals surface area contributed by atoms with Crippen LogP contribution in [0.3, 0.4) is 0 Å². The summed E-state index contributed by atoms with van der Waals surface area (Å²) in [5.41, 5.74) is 2.36. The van der Waals surface area contributed by atoms with Crippen LogP contribution < -0.4 is 5.32 Å². The van der Waals surface area contributed by atoms with Crippen LogP contribution >= 0.6 is 0 Å². The molecule has 0 saturated carbocycles. The van der Waals surface area contributed by atoms with Crippen LogP contribution in [0.1, 0.15) is 24.6 Å². The highest BCUT2D eigenvalue weighted by atomic mass is 19.1. The standard InChI is InChI=1S/C13H15FN2/c1-16-12-5-4-10(14)7-9(12)8-13(16)11-3-2-6-15-11/h4-5,7-8,11,15H,2-3,6H2,1H3. The monoisotopic (exact) mass is 218 g/mol. The van der Waals surface area contributed by atoms with Crippen LogP contribution in [-0.2, 0) is 7.05 Å². The van der Waals surface area contributed by atoms with Crippen LogP contribution in [0.4, 0.5) is 4.39 Å². The molecule has 0 aliphatic carbocycles. The molecule has 0 radical (unpaired) electrons. The third kappa shape index (κ3) is 1.43. The van der Waals surface area contributed by atoms with Gasteiger partial charge in [0, 0.05) is 29.7 Å². The molecule has 0 spiro atoms. The minimum Gasteiger partial charge on any atom is -0.346 e. The lowest BCUT2D eigenvalue weighted by Gasteiger charge is -2.11. The van der Waals surface area contributed by atoms with Crippen molar-refractivity contribution in [2.45, 2.75) is 18.9 Å². The van der Waals surface area contributed by atoms with Gasteiger partial charge in [0.15, 0.2) is 0 Å². The largest absolute Gasteiger partial charge is 0.346 e. The summed E-state index contributed by atoms with van der Waals surface area (Å²) in [4.78, 5) is 0. The van der Waals surface area contributed by atoms with Gasteiger partial charge in [-0.3, -0.25) is 0 Å². The number of hydrogen-bond acceptors (Lipinski definition) is 1. The van der Waals surface area contributed by atoms with Crippen LogP contribution in [0, 0.1) is 5.82 Å². The normalized spacial score (nSPS) is 20.8. The lowest BCUT2D eigenvalue weighted by molar-refractivity contribution is 0.604. The fourth-order valence-electron chi connectivity index (χ4n) is 2.61. The van der Waals surface area contributed by atoms with E-state index in [4.69, 9.17) is 0 Å². The molecule has 16 heavy (non-hydrogen) atoms. The van der Waals surface area contributed by atoms with Gasteiger partial charge in [-0.25, -0.2) is 4.39 Å². The summed E-state index contributed by atoms with van der Waals surface area (Å²) in [6, 6.07) is 7.51. The predicted molar refractivity (Wildman–Crippen MR) is 62.9 cm³/mol. The van der Waals surface area contributed by atoms with Gasteiger partial charge in [0.1, 0.15) is 5.82 Å². The zero-order chi connectivity index (χ0) is 11.1. The summed E-state index contributed by atoms with van der Waals surface area (Å²) in [6.07, 6.45) is 2.40. The Kier molecular flexibility index (Phi) is 2.21. The number of aromatic nitrogens is 1. The first-order valence-electron chi connectivity index (χ1n) is 5.74. The summed E-state index contributed by atoms with van der Waals surface area (Å²) < 4.78 is 15.3. The van der Waals surface area contributed by atoms with Gasteiger partial charge in [-0.05, 0) is 43.7 Å². The lowest BCUT2D eigenvalue weighted by atomic mass is 10.1. The Balaban J connectivity index is 2.14. The van der Waals surface area contributed by atoms with Crippen molar-refractivity contribution in [2.75, 3.05) is 6.54 Å². The van der Waals surface area contributed by atoms with E-state index in [0.29, 0.717) is 6.04 Å². The molecule has 0 bridgehead atoms. The summed E-state index contributed by atoms with van der Waals surface area (Å²) in [6.45, 7) is 1.08. The molecule has 1 aliphatic rings. The zero-order valence-corrected chi connectivity index (χ0v) is 9.33. The molecule has 1 saturated heterocycles. The Morgan fingerprint density at radius 3 is 3.00 bits per heavy atom. The molecular weight excluding hydrogens is 203 g/mol. The number of halogens is 1. The molecule has 2 aromatic rings. The first-order chi connectivity index (χ1) is 7.75. The van der Waals surface area contributed by atoms with Crippen molar-refractivity contribution in [3.05, 3.63) is 35.8 Å². The summed E-state index contributed by atoms with van der Waals surface area (Å²) in [7, 11) is 2.05. The SMILES string of the molecule is Cn1c(C2CCCN2)cc2cc(F)ccc21. The number of nitrogens with one attached hydrogen (secondary N) is 1. The summed E-state index contributed by atoms with van der Waals surface area (Å²) in [5.74, 6) is -0.163. The minimum atomic E-state index is -0.163. The highest BCUT2D eigenvalue weighted by Crippen LogP contribution is 2.28. The fourth-order valence-corrected chi connectivity index (χ4v) is 2.61. The molecule has 84 valence electrons. The van der Waals surface area contributed by atoms with Crippen molar-refractivity contribution < 1.29 is 4.39 Å². The molecule has 1 N–H and O–H groups in total. The number of hydrogen-bond donors (Lipinski definition) is 1. The van der Waals surface area contributed by atoms with Gasteiger partial charge in [0.25, 0.3) is 0 Å². The highest BCUT2D eigenvalue weighted by molar-refractivity contribution is 5.81. The second-order valence-corrected chi connectivity index (χ2v) is 4.48. The molecule has 2 nitrogen and oxygen atoms in total. The summed E-state index contributed by atoms with van der Waals surface area (Å²) in [5, 5.41) is 4.47. The Morgan fingerprint density at radius 2 is 2.25 bits per heavy atom. The van der Waals surface area contributed by atoms with Crippen molar-refractivity contribution in [2.24, 2.45) is 7.05 Å². The molecular formula is C13H15FN2. The smallest absolute Gasteiger partial charge is 0.123 e. The van der Waals surface area contributed by atoms with Crippen LogP contribution in [0.2, 0.25) is 0 Å². The topological polar surface area (TPSA) is 17.0 Å². The third-order valence-corrected chi connectivity index (χ3v) is 3.46. The fraction of sp³-hybridized carbons (Fsp3) is 0.385. The number of rotatable bonds is 1. The number of nitrogens with zero attached hydrogens (tertiary/aromatic N) is 1. The van der Waals surface area contributed by atoms with E-state index in [1.807, 2.05) is 6.07 Å². The third-order valence-electron chi connectivity index (χ3n) is 3.46. The molecule has 1 aliphatic heterocycles. The Labute approximate surface area is 94.1 Å². The summed E-state index contributed by atoms with van der Waals surface area (Å²) >= 11 is 0. The minimum absolute atomic E-state index is 0.163. The first-order valence-corrected chi connectivity index (χ1v) is 5.74. The van der Waals surface area contributed by atoms with E-state index in [2.05, 4.69) is 23.0 Å². The molecule has 1 unspecified atom stereocenters. The Bertz CT molecular complexity index is 524. The maximum atomic E-state index is 13.1. The van der Waals surface area contributed by atoms with Crippen molar-refractivity contribution >= 4 is 10.9 Å². The van der Waals surface area contributed by atoms with Gasteiger partial charge in [0.2, 0.25) is 0 Å². The lowest BCUT2D eigenvalue weighted by Crippen LogP contribution is -2.15. The van der Waals surface area contributed by atoms with Gasteiger partial charge in [0.05, 0.1) is 0 Å². The van der Waals surface area contributed by atoms with Crippen LogP contribution in [0.5, 0.6) is 0 Å². The predicted octanol–water partition coefficient (Wildman–Crippen LogP) is 2.74. The van der Waals surface area contributed by atoms with Crippen LogP contribution in [0.15, 0.2) is 24.3 Å². The van der Waals surface area contributed by atoms with E-state index < -0.39 is 0 Å². The molecule has 3 rings (SSSR count). The van der Waals surface area contributed by atoms with Crippen molar-refractivity contribution in [3.8, 4) is 0 Å². The van der Waals surface area contributed by atoms with E-state index in [9.17, 15) is 4.39 Å². The van der Waals surface area contributed by atoms with Gasteiger partial charge >= 0.3 is 0 Å². The quantitative estimate of drug-likeness (QED) is 0.778. The van der Waals surface area contributed by atoms with Crippen molar-refractivity contribution in [1.82, 2.24) is 9.88 Å². The molecule has 3 heteroatoms. The second kappa shape index (κ2) is 3.59. The maximum Gasteiger partial charge on any atom is 0.123 e. The van der Waals surface area contributed by atoms with E-state index in [-0.39, 0.29) is 5.82 Å². The molecule has 0 amide bonds. The van der Waals surface area contributed by atoms with Gasteiger partial charge in [-0.2, -0.15) is 0 Å². The van der Waals surface area contributed by atoms with Crippen molar-refractivity contribution in [1.29, 1.82) is 0 Å². The van der Waals surface area contributed by atoms with E-state index in [1.165, 1.54) is 24.6 Å². The van der Waals surface area contributed by atoms with Gasteiger partial charge in [-0.15, -0.1) is 0 Å². The Morgan fingerprint density at radius 1 is 1.38 bits per heavy atom. The average Bonchev–Trinajstić information content (AvgIpc) is 2.86. The van der Waals surface area contributed by atoms with Gasteiger partial charge < -0.3 is 9.88 Å². The zero-order valence-electron chi connectivity index (χ0n) is 9.33. The highest BCUT2D eigenvalue weighted by Gasteiger charge is 2.20. The van der Waals surface area contributed by atoms with Crippen LogP contribution in [0.25, 0.3) is 10.9 Å². The second-order valence-electron chi connectivity index (χ2n) is 4.48. The number of aryl methyl sites for hydroxylation is 1. The molecule has 1 aromatic heterocycles. The molecule has 1 aromatic carbocycles. The van der Waals surface area contributed by atoms with E-state index in [1.54, 1.807) is 6.07 Å². The molecule has 1 atom stereocenters. The molecule has 2 heterocycles. The Hall–Kier alpha value is -1.35. The number of fused-ring (bicyclic) bond motifs is 1. The number of benzene rings is 1. The van der Waals surface area contributed by atoms with E-state index >= 15 is 0 Å². The average molecular weight is 218 g/mol. The molecule has 1 fully saturated rings. The van der Waals surface area contributed by atoms with E-state index in [0.717, 1.165) is 17.4 Å². The van der Waals surface area contributed by atoms with Gasteiger partial charge in [-0.1, -0.05) is 0 Å². The maximum absolute atomic E-state index is 13.1. The van der Waals surface area contributed by atoms with Crippen molar-refractivity contribution in [3.63, 3.8) is 0 Å². The van der Waals surface area contributed by atoms with Crippen LogP contribution in [-0.4, -0.2) is 11.1 Å². The first kappa shape index (κ1) is 9.85.